The molecule has 150 valence electrons. The Morgan fingerprint density at radius 3 is 2.74 bits per heavy atom. The van der Waals surface area contributed by atoms with E-state index >= 15 is 0 Å². The van der Waals surface area contributed by atoms with Crippen LogP contribution in [0.15, 0.2) is 24.5 Å². The van der Waals surface area contributed by atoms with Crippen LogP contribution in [-0.2, 0) is 11.3 Å². The van der Waals surface area contributed by atoms with Gasteiger partial charge in [0.1, 0.15) is 0 Å². The van der Waals surface area contributed by atoms with E-state index in [1.807, 2.05) is 32.3 Å². The van der Waals surface area contributed by atoms with Gasteiger partial charge in [-0.15, -0.1) is 0 Å². The Bertz CT molecular complexity index is 599. The molecule has 2 aliphatic rings. The maximum Gasteiger partial charge on any atom is 0.224 e. The molecule has 0 radical (unpaired) electrons. The first-order valence-corrected chi connectivity index (χ1v) is 10.2. The number of rotatable bonds is 6. The number of hydrogen-bond acceptors (Lipinski definition) is 5. The standard InChI is InChI=1S/C21H34N4O2/c1-21(2,16-26)23-20(27)18-6-4-10-25(15-18)19-7-11-24(12-8-19)14-17-5-3-9-22-13-17/h3,5,9,13,18-19,26H,4,6-8,10-12,14-16H2,1-2H3,(H,23,27)/t18-/m1/s1. The van der Waals surface area contributed by atoms with Gasteiger partial charge in [0.15, 0.2) is 0 Å². The quantitative estimate of drug-likeness (QED) is 0.792. The number of aliphatic hydroxyl groups excluding tert-OH is 1. The predicted octanol–water partition coefficient (Wildman–Crippen LogP) is 1.65. The van der Waals surface area contributed by atoms with Crippen LogP contribution in [0.4, 0.5) is 0 Å². The molecule has 1 atom stereocenters. The molecule has 0 bridgehead atoms. The number of aliphatic hydroxyl groups is 1. The van der Waals surface area contributed by atoms with Gasteiger partial charge in [0.2, 0.25) is 5.91 Å². The number of piperidine rings is 2. The average Bonchev–Trinajstić information content (AvgIpc) is 2.69. The van der Waals surface area contributed by atoms with Crippen molar-refractivity contribution in [3.8, 4) is 0 Å². The molecule has 2 saturated heterocycles. The molecule has 2 fully saturated rings. The summed E-state index contributed by atoms with van der Waals surface area (Å²) in [6.45, 7) is 8.81. The first-order valence-electron chi connectivity index (χ1n) is 10.2. The van der Waals surface area contributed by atoms with Crippen LogP contribution < -0.4 is 5.32 Å². The summed E-state index contributed by atoms with van der Waals surface area (Å²) in [6, 6.07) is 4.72. The number of likely N-dealkylation sites (tertiary alicyclic amines) is 2. The Kier molecular flexibility index (Phi) is 6.84. The van der Waals surface area contributed by atoms with E-state index in [1.165, 1.54) is 5.56 Å². The van der Waals surface area contributed by atoms with E-state index in [0.717, 1.165) is 58.4 Å². The highest BCUT2D eigenvalue weighted by Gasteiger charge is 2.33. The van der Waals surface area contributed by atoms with Gasteiger partial charge >= 0.3 is 0 Å². The second-order valence-electron chi connectivity index (χ2n) is 8.73. The van der Waals surface area contributed by atoms with Crippen molar-refractivity contribution in [2.75, 3.05) is 32.8 Å². The van der Waals surface area contributed by atoms with Crippen LogP contribution in [0.2, 0.25) is 0 Å². The lowest BCUT2D eigenvalue weighted by atomic mass is 9.92. The summed E-state index contributed by atoms with van der Waals surface area (Å²) >= 11 is 0. The molecule has 0 aromatic carbocycles. The fourth-order valence-electron chi connectivity index (χ4n) is 4.22. The van der Waals surface area contributed by atoms with Crippen molar-refractivity contribution >= 4 is 5.91 Å². The fourth-order valence-corrected chi connectivity index (χ4v) is 4.22. The van der Waals surface area contributed by atoms with E-state index < -0.39 is 5.54 Å². The van der Waals surface area contributed by atoms with Crippen molar-refractivity contribution in [3.63, 3.8) is 0 Å². The smallest absolute Gasteiger partial charge is 0.224 e. The van der Waals surface area contributed by atoms with Crippen molar-refractivity contribution in [3.05, 3.63) is 30.1 Å². The van der Waals surface area contributed by atoms with Gasteiger partial charge in [-0.1, -0.05) is 6.07 Å². The Balaban J connectivity index is 1.47. The highest BCUT2D eigenvalue weighted by Crippen LogP contribution is 2.25. The van der Waals surface area contributed by atoms with E-state index in [4.69, 9.17) is 0 Å². The lowest BCUT2D eigenvalue weighted by molar-refractivity contribution is -0.129. The molecule has 0 saturated carbocycles. The molecular formula is C21H34N4O2. The molecule has 27 heavy (non-hydrogen) atoms. The lowest BCUT2D eigenvalue weighted by Gasteiger charge is -2.42. The molecule has 2 aliphatic heterocycles. The zero-order chi connectivity index (χ0) is 19.3. The van der Waals surface area contributed by atoms with E-state index in [-0.39, 0.29) is 18.4 Å². The summed E-state index contributed by atoms with van der Waals surface area (Å²) in [7, 11) is 0. The monoisotopic (exact) mass is 374 g/mol. The third kappa shape index (κ3) is 5.74. The van der Waals surface area contributed by atoms with Crippen molar-refractivity contribution in [2.24, 2.45) is 5.92 Å². The maximum atomic E-state index is 12.6. The number of carbonyl (C=O) groups excluding carboxylic acids is 1. The van der Waals surface area contributed by atoms with E-state index in [9.17, 15) is 9.90 Å². The number of nitrogens with one attached hydrogen (secondary N) is 1. The fraction of sp³-hybridized carbons (Fsp3) is 0.714. The highest BCUT2D eigenvalue weighted by atomic mass is 16.3. The molecule has 3 rings (SSSR count). The Labute approximate surface area is 163 Å². The topological polar surface area (TPSA) is 68.7 Å². The summed E-state index contributed by atoms with van der Waals surface area (Å²) in [5.41, 5.74) is 0.730. The zero-order valence-corrected chi connectivity index (χ0v) is 16.7. The van der Waals surface area contributed by atoms with Crippen LogP contribution in [0, 0.1) is 5.92 Å². The molecule has 0 aliphatic carbocycles. The van der Waals surface area contributed by atoms with E-state index in [0.29, 0.717) is 6.04 Å². The van der Waals surface area contributed by atoms with Crippen LogP contribution in [-0.4, -0.2) is 70.2 Å². The van der Waals surface area contributed by atoms with Gasteiger partial charge < -0.3 is 10.4 Å². The van der Waals surface area contributed by atoms with Crippen LogP contribution in [0.25, 0.3) is 0 Å². The summed E-state index contributed by atoms with van der Waals surface area (Å²) in [5, 5.41) is 12.4. The molecular weight excluding hydrogens is 340 g/mol. The Morgan fingerprint density at radius 1 is 1.30 bits per heavy atom. The SMILES string of the molecule is CC(C)(CO)NC(=O)[C@@H]1CCCN(C2CCN(Cc3cccnc3)CC2)C1. The maximum absolute atomic E-state index is 12.6. The van der Waals surface area contributed by atoms with Gasteiger partial charge in [-0.3, -0.25) is 19.6 Å². The number of pyridine rings is 1. The summed E-state index contributed by atoms with van der Waals surface area (Å²) in [4.78, 5) is 21.8. The molecule has 0 spiro atoms. The molecule has 3 heterocycles. The minimum absolute atomic E-state index is 0.0371. The van der Waals surface area contributed by atoms with Gasteiger partial charge in [-0.05, 0) is 70.8 Å². The number of hydrogen-bond donors (Lipinski definition) is 2. The van der Waals surface area contributed by atoms with Crippen molar-refractivity contribution in [2.45, 2.75) is 57.7 Å². The van der Waals surface area contributed by atoms with Crippen LogP contribution in [0.1, 0.15) is 45.1 Å². The number of aromatic nitrogens is 1. The third-order valence-corrected chi connectivity index (χ3v) is 5.88. The second-order valence-corrected chi connectivity index (χ2v) is 8.73. The van der Waals surface area contributed by atoms with Crippen LogP contribution in [0.5, 0.6) is 0 Å². The highest BCUT2D eigenvalue weighted by molar-refractivity contribution is 5.79. The third-order valence-electron chi connectivity index (χ3n) is 5.88. The van der Waals surface area contributed by atoms with Crippen molar-refractivity contribution in [1.29, 1.82) is 0 Å². The molecule has 2 N–H and O–H groups in total. The summed E-state index contributed by atoms with van der Waals surface area (Å²) < 4.78 is 0. The Morgan fingerprint density at radius 2 is 2.07 bits per heavy atom. The average molecular weight is 375 g/mol. The predicted molar refractivity (Wildman–Crippen MR) is 106 cm³/mol. The zero-order valence-electron chi connectivity index (χ0n) is 16.7. The number of carbonyl (C=O) groups is 1. The van der Waals surface area contributed by atoms with E-state index in [2.05, 4.69) is 26.2 Å². The summed E-state index contributed by atoms with van der Waals surface area (Å²) in [5.74, 6) is 0.130. The molecule has 0 unspecified atom stereocenters. The van der Waals surface area contributed by atoms with E-state index in [1.54, 1.807) is 0 Å². The van der Waals surface area contributed by atoms with Gasteiger partial charge in [0.25, 0.3) is 0 Å². The van der Waals surface area contributed by atoms with Gasteiger partial charge in [-0.25, -0.2) is 0 Å². The number of nitrogens with zero attached hydrogens (tertiary/aromatic N) is 3. The van der Waals surface area contributed by atoms with Gasteiger partial charge in [0, 0.05) is 31.5 Å². The van der Waals surface area contributed by atoms with Crippen molar-refractivity contribution in [1.82, 2.24) is 20.1 Å². The minimum atomic E-state index is -0.545. The first-order chi connectivity index (χ1) is 13.0. The molecule has 6 heteroatoms. The number of amides is 1. The van der Waals surface area contributed by atoms with Gasteiger partial charge in [-0.2, -0.15) is 0 Å². The second kappa shape index (κ2) is 9.13. The molecule has 1 aromatic rings. The molecule has 1 aromatic heterocycles. The lowest BCUT2D eigenvalue weighted by Crippen LogP contribution is -2.54. The molecule has 1 amide bonds. The van der Waals surface area contributed by atoms with Crippen LogP contribution in [0.3, 0.4) is 0 Å². The van der Waals surface area contributed by atoms with Crippen molar-refractivity contribution < 1.29 is 9.90 Å². The van der Waals surface area contributed by atoms with Crippen LogP contribution >= 0.6 is 0 Å². The normalized spacial score (nSPS) is 23.3. The summed E-state index contributed by atoms with van der Waals surface area (Å²) in [6.07, 6.45) is 8.12. The molecule has 6 nitrogen and oxygen atoms in total. The largest absolute Gasteiger partial charge is 0.394 e. The first kappa shape index (κ1) is 20.2. The minimum Gasteiger partial charge on any atom is -0.394 e. The Hall–Kier alpha value is -1.50. The van der Waals surface area contributed by atoms with Gasteiger partial charge in [0.05, 0.1) is 18.1 Å².